The van der Waals surface area contributed by atoms with Crippen molar-refractivity contribution in [2.75, 3.05) is 13.2 Å². The summed E-state index contributed by atoms with van der Waals surface area (Å²) in [6, 6.07) is 14.8. The summed E-state index contributed by atoms with van der Waals surface area (Å²) in [6.07, 6.45) is 0.795. The van der Waals surface area contributed by atoms with E-state index >= 15 is 0 Å². The van der Waals surface area contributed by atoms with Gasteiger partial charge in [0, 0.05) is 12.5 Å². The molecule has 0 aliphatic heterocycles. The van der Waals surface area contributed by atoms with E-state index in [-0.39, 0.29) is 5.75 Å². The smallest absolute Gasteiger partial charge is 0.122 e. The average molecular weight is 258 g/mol. The standard InChI is InChI=1S/C16H18O3/c1-13-6-8-15(9-7-13)18-10-3-11-19-16-5-2-4-14(17)12-16/h2,4-9,12,17H,3,10-11H2,1H3. The molecular formula is C16H18O3. The fourth-order valence-corrected chi connectivity index (χ4v) is 1.65. The van der Waals surface area contributed by atoms with Crippen LogP contribution in [0.1, 0.15) is 12.0 Å². The molecule has 0 unspecified atom stereocenters. The molecule has 3 nitrogen and oxygen atoms in total. The first-order chi connectivity index (χ1) is 9.24. The molecule has 0 amide bonds. The van der Waals surface area contributed by atoms with Gasteiger partial charge in [-0.2, -0.15) is 0 Å². The lowest BCUT2D eigenvalue weighted by atomic mass is 10.2. The molecule has 0 heterocycles. The summed E-state index contributed by atoms with van der Waals surface area (Å²) < 4.78 is 11.1. The quantitative estimate of drug-likeness (QED) is 0.805. The highest BCUT2D eigenvalue weighted by atomic mass is 16.5. The van der Waals surface area contributed by atoms with Crippen molar-refractivity contribution in [2.45, 2.75) is 13.3 Å². The third-order valence-corrected chi connectivity index (χ3v) is 2.66. The number of ether oxygens (including phenoxy) is 2. The van der Waals surface area contributed by atoms with Crippen LogP contribution in [0.2, 0.25) is 0 Å². The van der Waals surface area contributed by atoms with E-state index in [1.165, 1.54) is 5.56 Å². The lowest BCUT2D eigenvalue weighted by Gasteiger charge is -2.08. The second kappa shape index (κ2) is 6.69. The third-order valence-electron chi connectivity index (χ3n) is 2.66. The molecule has 19 heavy (non-hydrogen) atoms. The van der Waals surface area contributed by atoms with Gasteiger partial charge in [0.15, 0.2) is 0 Å². The maximum atomic E-state index is 9.28. The van der Waals surface area contributed by atoms with Crippen LogP contribution in [0.15, 0.2) is 48.5 Å². The molecule has 0 aromatic heterocycles. The van der Waals surface area contributed by atoms with Crippen molar-refractivity contribution in [3.05, 3.63) is 54.1 Å². The van der Waals surface area contributed by atoms with Crippen molar-refractivity contribution >= 4 is 0 Å². The molecule has 100 valence electrons. The molecule has 0 saturated carbocycles. The van der Waals surface area contributed by atoms with Crippen molar-refractivity contribution in [1.29, 1.82) is 0 Å². The minimum atomic E-state index is 0.216. The van der Waals surface area contributed by atoms with Gasteiger partial charge in [-0.15, -0.1) is 0 Å². The Hall–Kier alpha value is -2.16. The zero-order valence-electron chi connectivity index (χ0n) is 11.0. The second-order valence-electron chi connectivity index (χ2n) is 4.36. The van der Waals surface area contributed by atoms with Gasteiger partial charge in [0.2, 0.25) is 0 Å². The molecule has 0 aliphatic carbocycles. The van der Waals surface area contributed by atoms with Crippen molar-refractivity contribution < 1.29 is 14.6 Å². The molecule has 0 spiro atoms. The summed E-state index contributed by atoms with van der Waals surface area (Å²) in [5.41, 5.74) is 1.22. The lowest BCUT2D eigenvalue weighted by Crippen LogP contribution is -2.04. The van der Waals surface area contributed by atoms with Gasteiger partial charge in [-0.1, -0.05) is 23.8 Å². The van der Waals surface area contributed by atoms with E-state index in [9.17, 15) is 5.11 Å². The number of phenols is 1. The number of aromatic hydroxyl groups is 1. The topological polar surface area (TPSA) is 38.7 Å². The minimum absolute atomic E-state index is 0.216. The number of rotatable bonds is 6. The van der Waals surface area contributed by atoms with Gasteiger partial charge < -0.3 is 14.6 Å². The van der Waals surface area contributed by atoms with Crippen molar-refractivity contribution in [2.24, 2.45) is 0 Å². The van der Waals surface area contributed by atoms with Crippen LogP contribution in [0.4, 0.5) is 0 Å². The van der Waals surface area contributed by atoms with Crippen LogP contribution in [0, 0.1) is 6.92 Å². The Morgan fingerprint density at radius 1 is 0.895 bits per heavy atom. The first kappa shape index (κ1) is 13.3. The predicted octanol–water partition coefficient (Wildman–Crippen LogP) is 3.55. The molecule has 1 N–H and O–H groups in total. The van der Waals surface area contributed by atoms with Gasteiger partial charge in [-0.05, 0) is 31.2 Å². The molecule has 2 aromatic rings. The van der Waals surface area contributed by atoms with E-state index in [1.54, 1.807) is 18.2 Å². The summed E-state index contributed by atoms with van der Waals surface area (Å²) in [5, 5.41) is 9.28. The number of phenolic OH excluding ortho intramolecular Hbond substituents is 1. The van der Waals surface area contributed by atoms with Crippen molar-refractivity contribution in [3.63, 3.8) is 0 Å². The van der Waals surface area contributed by atoms with Crippen LogP contribution in [0.3, 0.4) is 0 Å². The maximum absolute atomic E-state index is 9.28. The van der Waals surface area contributed by atoms with Crippen LogP contribution < -0.4 is 9.47 Å². The molecule has 2 rings (SSSR count). The Morgan fingerprint density at radius 2 is 1.58 bits per heavy atom. The molecule has 0 atom stereocenters. The Balaban J connectivity index is 1.66. The fourth-order valence-electron chi connectivity index (χ4n) is 1.65. The van der Waals surface area contributed by atoms with E-state index < -0.39 is 0 Å². The van der Waals surface area contributed by atoms with Crippen molar-refractivity contribution in [3.8, 4) is 17.2 Å². The molecular weight excluding hydrogens is 240 g/mol. The van der Waals surface area contributed by atoms with Gasteiger partial charge in [0.1, 0.15) is 17.2 Å². The summed E-state index contributed by atoms with van der Waals surface area (Å²) in [4.78, 5) is 0. The molecule has 2 aromatic carbocycles. The van der Waals surface area contributed by atoms with Gasteiger partial charge in [0.25, 0.3) is 0 Å². The highest BCUT2D eigenvalue weighted by Gasteiger charge is 1.96. The van der Waals surface area contributed by atoms with Gasteiger partial charge in [0.05, 0.1) is 13.2 Å². The van der Waals surface area contributed by atoms with Crippen molar-refractivity contribution in [1.82, 2.24) is 0 Å². The molecule has 0 radical (unpaired) electrons. The minimum Gasteiger partial charge on any atom is -0.508 e. The first-order valence-corrected chi connectivity index (χ1v) is 6.35. The molecule has 0 fully saturated rings. The monoisotopic (exact) mass is 258 g/mol. The van der Waals surface area contributed by atoms with Crippen LogP contribution in [0.25, 0.3) is 0 Å². The highest BCUT2D eigenvalue weighted by Crippen LogP contribution is 2.17. The van der Waals surface area contributed by atoms with E-state index in [0.717, 1.165) is 12.2 Å². The number of hydrogen-bond donors (Lipinski definition) is 1. The van der Waals surface area contributed by atoms with E-state index in [2.05, 4.69) is 0 Å². The Kier molecular flexibility index (Phi) is 4.67. The van der Waals surface area contributed by atoms with E-state index in [4.69, 9.17) is 9.47 Å². The number of aryl methyl sites for hydroxylation is 1. The zero-order valence-corrected chi connectivity index (χ0v) is 11.0. The summed E-state index contributed by atoms with van der Waals surface area (Å²) in [5.74, 6) is 1.77. The molecule has 0 aliphatic rings. The molecule has 0 bridgehead atoms. The summed E-state index contributed by atoms with van der Waals surface area (Å²) in [7, 11) is 0. The van der Waals surface area contributed by atoms with Crippen LogP contribution in [-0.4, -0.2) is 18.3 Å². The Morgan fingerprint density at radius 3 is 2.26 bits per heavy atom. The fraction of sp³-hybridized carbons (Fsp3) is 0.250. The second-order valence-corrected chi connectivity index (χ2v) is 4.36. The van der Waals surface area contributed by atoms with Crippen LogP contribution in [0.5, 0.6) is 17.2 Å². The maximum Gasteiger partial charge on any atom is 0.122 e. The van der Waals surface area contributed by atoms with Crippen LogP contribution in [-0.2, 0) is 0 Å². The molecule has 0 saturated heterocycles. The van der Waals surface area contributed by atoms with E-state index in [1.807, 2.05) is 37.3 Å². The molecule has 3 heteroatoms. The summed E-state index contributed by atoms with van der Waals surface area (Å²) in [6.45, 7) is 3.23. The zero-order chi connectivity index (χ0) is 13.5. The SMILES string of the molecule is Cc1ccc(OCCCOc2cccc(O)c2)cc1. The summed E-state index contributed by atoms with van der Waals surface area (Å²) >= 11 is 0. The van der Waals surface area contributed by atoms with Gasteiger partial charge in [-0.25, -0.2) is 0 Å². The Labute approximate surface area is 113 Å². The van der Waals surface area contributed by atoms with E-state index in [0.29, 0.717) is 19.0 Å². The normalized spacial score (nSPS) is 10.2. The lowest BCUT2D eigenvalue weighted by molar-refractivity contribution is 0.247. The number of hydrogen-bond acceptors (Lipinski definition) is 3. The average Bonchev–Trinajstić information content (AvgIpc) is 2.41. The van der Waals surface area contributed by atoms with Crippen LogP contribution >= 0.6 is 0 Å². The third kappa shape index (κ3) is 4.54. The highest BCUT2D eigenvalue weighted by molar-refractivity contribution is 5.31. The Bertz CT molecular complexity index is 506. The van der Waals surface area contributed by atoms with Gasteiger partial charge >= 0.3 is 0 Å². The van der Waals surface area contributed by atoms with Gasteiger partial charge in [-0.3, -0.25) is 0 Å². The predicted molar refractivity (Wildman–Crippen MR) is 74.9 cm³/mol. The number of benzene rings is 2. The largest absolute Gasteiger partial charge is 0.508 e. The first-order valence-electron chi connectivity index (χ1n) is 6.35.